The summed E-state index contributed by atoms with van der Waals surface area (Å²) in [7, 11) is 0. The number of alkyl halides is 1. The molecule has 0 aliphatic heterocycles. The molecule has 2 aromatic rings. The molecule has 0 aliphatic rings. The monoisotopic (exact) mass is 473 g/mol. The minimum Gasteiger partial charge on any atom is -0.342 e. The molecule has 21 heavy (non-hydrogen) atoms. The Bertz CT molecular complexity index is 645. The molecule has 0 spiro atoms. The van der Waals surface area contributed by atoms with Gasteiger partial charge in [0.05, 0.1) is 11.1 Å². The topological polar surface area (TPSA) is 29.1 Å². The van der Waals surface area contributed by atoms with Crippen LogP contribution in [-0.4, -0.2) is 11.2 Å². The highest BCUT2D eigenvalue weighted by Gasteiger charge is 2.28. The van der Waals surface area contributed by atoms with Gasteiger partial charge in [-0.3, -0.25) is 4.79 Å². The molecule has 0 radical (unpaired) electrons. The van der Waals surface area contributed by atoms with Crippen molar-refractivity contribution < 1.29 is 4.79 Å². The van der Waals surface area contributed by atoms with Crippen LogP contribution in [0.25, 0.3) is 0 Å². The maximum atomic E-state index is 12.6. The lowest BCUT2D eigenvalue weighted by atomic mass is 9.94. The summed E-state index contributed by atoms with van der Waals surface area (Å²) >= 11 is 10.3. The maximum Gasteiger partial charge on any atom is 0.253 e. The molecule has 1 amide bonds. The summed E-state index contributed by atoms with van der Waals surface area (Å²) in [6.45, 7) is 2.00. The molecule has 0 aromatic heterocycles. The van der Waals surface area contributed by atoms with Crippen LogP contribution in [0.5, 0.6) is 0 Å². The molecule has 0 saturated carbocycles. The van der Waals surface area contributed by atoms with Crippen molar-refractivity contribution in [3.8, 4) is 0 Å². The van der Waals surface area contributed by atoms with Crippen LogP contribution in [0.2, 0.25) is 0 Å². The fraction of sp³-hybridized carbons (Fsp3) is 0.188. The number of amides is 1. The van der Waals surface area contributed by atoms with Gasteiger partial charge in [0.15, 0.2) is 0 Å². The lowest BCUT2D eigenvalue weighted by Gasteiger charge is -2.29. The normalized spacial score (nSPS) is 13.5. The number of hydrogen-bond acceptors (Lipinski definition) is 1. The first kappa shape index (κ1) is 16.7. The van der Waals surface area contributed by atoms with Gasteiger partial charge >= 0.3 is 0 Å². The predicted molar refractivity (Wildman–Crippen MR) is 96.9 cm³/mol. The van der Waals surface area contributed by atoms with Crippen LogP contribution < -0.4 is 5.32 Å². The molecule has 2 nitrogen and oxygen atoms in total. The number of halogens is 3. The van der Waals surface area contributed by atoms with Gasteiger partial charge in [-0.1, -0.05) is 62.2 Å². The van der Waals surface area contributed by atoms with E-state index in [1.165, 1.54) is 0 Å². The summed E-state index contributed by atoms with van der Waals surface area (Å²) in [6.07, 6.45) is 0. The van der Waals surface area contributed by atoms with Gasteiger partial charge in [0.1, 0.15) is 0 Å². The molecule has 0 aliphatic carbocycles. The summed E-state index contributed by atoms with van der Waals surface area (Å²) in [5, 5.41) is 3.73. The van der Waals surface area contributed by atoms with Crippen LogP contribution in [0.3, 0.4) is 0 Å². The number of rotatable bonds is 4. The van der Waals surface area contributed by atoms with E-state index in [1.54, 1.807) is 6.07 Å². The van der Waals surface area contributed by atoms with E-state index in [0.29, 0.717) is 10.9 Å². The van der Waals surface area contributed by atoms with Crippen molar-refractivity contribution in [2.45, 2.75) is 12.5 Å². The Hall–Kier alpha value is -0.650. The van der Waals surface area contributed by atoms with E-state index < -0.39 is 5.54 Å². The van der Waals surface area contributed by atoms with E-state index in [9.17, 15) is 4.79 Å². The van der Waals surface area contributed by atoms with Crippen molar-refractivity contribution in [1.82, 2.24) is 5.32 Å². The Kier molecular flexibility index (Phi) is 5.63. The zero-order valence-corrected chi connectivity index (χ0v) is 16.1. The van der Waals surface area contributed by atoms with Crippen molar-refractivity contribution in [2.24, 2.45) is 0 Å². The number of hydrogen-bond donors (Lipinski definition) is 1. The van der Waals surface area contributed by atoms with Crippen molar-refractivity contribution in [2.75, 3.05) is 5.33 Å². The molecule has 1 N–H and O–H groups in total. The van der Waals surface area contributed by atoms with E-state index in [-0.39, 0.29) is 5.91 Å². The average molecular weight is 476 g/mol. The Morgan fingerprint density at radius 3 is 2.43 bits per heavy atom. The standard InChI is InChI=1S/C16H14Br3NO/c1-16(10-17,11-5-3-2-4-6-11)20-15(21)13-9-12(18)7-8-14(13)19/h2-9H,10H2,1H3,(H,20,21). The summed E-state index contributed by atoms with van der Waals surface area (Å²) in [5.41, 5.74) is 1.19. The van der Waals surface area contributed by atoms with Gasteiger partial charge in [0.25, 0.3) is 5.91 Å². The zero-order chi connectivity index (χ0) is 15.5. The van der Waals surface area contributed by atoms with Crippen LogP contribution in [0.15, 0.2) is 57.5 Å². The SMILES string of the molecule is CC(CBr)(NC(=O)c1cc(Br)ccc1Br)c1ccccc1. The quantitative estimate of drug-likeness (QED) is 0.601. The van der Waals surface area contributed by atoms with Crippen LogP contribution in [0.1, 0.15) is 22.8 Å². The molecule has 2 aromatic carbocycles. The molecule has 2 rings (SSSR count). The van der Waals surface area contributed by atoms with Crippen LogP contribution >= 0.6 is 47.8 Å². The van der Waals surface area contributed by atoms with Crippen molar-refractivity contribution in [1.29, 1.82) is 0 Å². The summed E-state index contributed by atoms with van der Waals surface area (Å²) < 4.78 is 1.64. The average Bonchev–Trinajstić information content (AvgIpc) is 2.50. The van der Waals surface area contributed by atoms with Crippen molar-refractivity contribution in [3.63, 3.8) is 0 Å². The second kappa shape index (κ2) is 7.07. The second-order valence-corrected chi connectivity index (χ2v) is 7.24. The largest absolute Gasteiger partial charge is 0.342 e. The van der Waals surface area contributed by atoms with Crippen LogP contribution in [0, 0.1) is 0 Å². The molecule has 110 valence electrons. The summed E-state index contributed by atoms with van der Waals surface area (Å²) in [5.74, 6) is -0.117. The van der Waals surface area contributed by atoms with Gasteiger partial charge in [-0.15, -0.1) is 0 Å². The molecular formula is C16H14Br3NO. The van der Waals surface area contributed by atoms with Crippen molar-refractivity contribution in [3.05, 3.63) is 68.6 Å². The molecular weight excluding hydrogens is 462 g/mol. The van der Waals surface area contributed by atoms with Crippen LogP contribution in [-0.2, 0) is 5.54 Å². The van der Waals surface area contributed by atoms with E-state index in [2.05, 4.69) is 53.1 Å². The van der Waals surface area contributed by atoms with Gasteiger partial charge in [-0.2, -0.15) is 0 Å². The molecule has 0 saturated heterocycles. The third-order valence-corrected chi connectivity index (χ3v) is 5.55. The van der Waals surface area contributed by atoms with E-state index in [4.69, 9.17) is 0 Å². The molecule has 0 heterocycles. The van der Waals surface area contributed by atoms with Gasteiger partial charge in [-0.05, 0) is 46.6 Å². The van der Waals surface area contributed by atoms with Crippen LogP contribution in [0.4, 0.5) is 0 Å². The number of nitrogens with one attached hydrogen (secondary N) is 1. The van der Waals surface area contributed by atoms with E-state index >= 15 is 0 Å². The highest BCUT2D eigenvalue weighted by molar-refractivity contribution is 9.11. The fourth-order valence-electron chi connectivity index (χ4n) is 1.98. The molecule has 5 heteroatoms. The Balaban J connectivity index is 2.30. The Morgan fingerprint density at radius 1 is 1.14 bits per heavy atom. The zero-order valence-electron chi connectivity index (χ0n) is 11.4. The smallest absolute Gasteiger partial charge is 0.253 e. The Morgan fingerprint density at radius 2 is 1.81 bits per heavy atom. The van der Waals surface area contributed by atoms with Gasteiger partial charge in [0.2, 0.25) is 0 Å². The fourth-order valence-corrected chi connectivity index (χ4v) is 3.23. The lowest BCUT2D eigenvalue weighted by molar-refractivity contribution is 0.0913. The number of carbonyl (C=O) groups is 1. The Labute approximate surface area is 149 Å². The first-order valence-electron chi connectivity index (χ1n) is 6.35. The molecule has 0 fully saturated rings. The third kappa shape index (κ3) is 3.96. The summed E-state index contributed by atoms with van der Waals surface area (Å²) in [4.78, 5) is 12.6. The third-order valence-electron chi connectivity index (χ3n) is 3.24. The number of benzene rings is 2. The number of carbonyl (C=O) groups excluding carboxylic acids is 1. The minimum atomic E-state index is -0.472. The van der Waals surface area contributed by atoms with Gasteiger partial charge in [-0.25, -0.2) is 0 Å². The van der Waals surface area contributed by atoms with E-state index in [0.717, 1.165) is 14.5 Å². The lowest BCUT2D eigenvalue weighted by Crippen LogP contribution is -2.45. The summed E-state index contributed by atoms with van der Waals surface area (Å²) in [6, 6.07) is 15.5. The van der Waals surface area contributed by atoms with Gasteiger partial charge in [0, 0.05) is 14.3 Å². The highest BCUT2D eigenvalue weighted by atomic mass is 79.9. The van der Waals surface area contributed by atoms with Crippen molar-refractivity contribution >= 4 is 53.7 Å². The molecule has 1 atom stereocenters. The predicted octanol–water partition coefficient (Wildman–Crippen LogP) is 5.25. The van der Waals surface area contributed by atoms with Gasteiger partial charge < -0.3 is 5.32 Å². The molecule has 1 unspecified atom stereocenters. The minimum absolute atomic E-state index is 0.117. The highest BCUT2D eigenvalue weighted by Crippen LogP contribution is 2.26. The second-order valence-electron chi connectivity index (χ2n) is 4.91. The first-order valence-corrected chi connectivity index (χ1v) is 9.06. The molecule has 0 bridgehead atoms. The maximum absolute atomic E-state index is 12.6. The first-order chi connectivity index (χ1) is 9.96. The van der Waals surface area contributed by atoms with E-state index in [1.807, 2.05) is 49.4 Å².